The average Bonchev–Trinajstić information content (AvgIpc) is 2.17. The van der Waals surface area contributed by atoms with E-state index in [2.05, 4.69) is 30.8 Å². The number of aliphatic hydroxyl groups is 1. The highest BCUT2D eigenvalue weighted by Gasteiger charge is 1.93. The summed E-state index contributed by atoms with van der Waals surface area (Å²) in [5.74, 6) is 0.944. The molecule has 0 amide bonds. The van der Waals surface area contributed by atoms with Gasteiger partial charge in [-0.25, -0.2) is 0 Å². The van der Waals surface area contributed by atoms with Gasteiger partial charge in [-0.2, -0.15) is 0 Å². The molecule has 0 aliphatic rings. The minimum Gasteiger partial charge on any atom is -0.396 e. The molecule has 1 N–H and O–H groups in total. The van der Waals surface area contributed by atoms with Gasteiger partial charge < -0.3 is 5.11 Å². The quantitative estimate of drug-likeness (QED) is 0.574. The third-order valence-electron chi connectivity index (χ3n) is 1.69. The summed E-state index contributed by atoms with van der Waals surface area (Å²) in [4.78, 5) is 1.25. The zero-order chi connectivity index (χ0) is 9.52. The van der Waals surface area contributed by atoms with Crippen molar-refractivity contribution < 1.29 is 5.11 Å². The molecule has 0 fully saturated rings. The van der Waals surface area contributed by atoms with E-state index >= 15 is 0 Å². The Morgan fingerprint density at radius 3 is 2.54 bits per heavy atom. The first kappa shape index (κ1) is 10.4. The molecule has 1 aromatic rings. The summed E-state index contributed by atoms with van der Waals surface area (Å²) < 4.78 is 0. The van der Waals surface area contributed by atoms with Crippen molar-refractivity contribution in [3.8, 4) is 0 Å². The van der Waals surface area contributed by atoms with Gasteiger partial charge in [0, 0.05) is 17.3 Å². The molecule has 0 aliphatic carbocycles. The van der Waals surface area contributed by atoms with Crippen molar-refractivity contribution in [2.75, 3.05) is 12.4 Å². The molecule has 2 heteroatoms. The molecule has 0 saturated carbocycles. The Kier molecular flexibility index (Phi) is 4.65. The number of hydrogen-bond acceptors (Lipinski definition) is 2. The van der Waals surface area contributed by atoms with Crippen LogP contribution in [-0.4, -0.2) is 17.5 Å². The minimum absolute atomic E-state index is 0.221. The van der Waals surface area contributed by atoms with Gasteiger partial charge in [0.15, 0.2) is 0 Å². The third kappa shape index (κ3) is 3.66. The van der Waals surface area contributed by atoms with Gasteiger partial charge >= 0.3 is 0 Å². The zero-order valence-corrected chi connectivity index (χ0v) is 8.39. The van der Waals surface area contributed by atoms with Crippen molar-refractivity contribution in [2.24, 2.45) is 0 Å². The molecule has 0 radical (unpaired) electrons. The van der Waals surface area contributed by atoms with Crippen molar-refractivity contribution >= 4 is 11.8 Å². The lowest BCUT2D eigenvalue weighted by atomic mass is 10.2. The first-order chi connectivity index (χ1) is 6.36. The van der Waals surface area contributed by atoms with Crippen molar-refractivity contribution in [3.63, 3.8) is 0 Å². The molecule has 0 bridgehead atoms. The second-order valence-corrected chi connectivity index (χ2v) is 3.81. The van der Waals surface area contributed by atoms with Crippen molar-refractivity contribution in [3.05, 3.63) is 42.5 Å². The molecule has 1 nitrogen and oxygen atoms in total. The van der Waals surface area contributed by atoms with Crippen LogP contribution in [-0.2, 0) is 6.42 Å². The predicted octanol–water partition coefficient (Wildman–Crippen LogP) is 2.50. The van der Waals surface area contributed by atoms with E-state index in [9.17, 15) is 0 Å². The second-order valence-electron chi connectivity index (χ2n) is 2.72. The van der Waals surface area contributed by atoms with Crippen LogP contribution in [0.5, 0.6) is 0 Å². The fraction of sp³-hybridized carbons (Fsp3) is 0.273. The molecule has 1 aromatic carbocycles. The molecule has 0 saturated heterocycles. The van der Waals surface area contributed by atoms with Crippen LogP contribution in [0.1, 0.15) is 5.56 Å². The first-order valence-electron chi connectivity index (χ1n) is 4.30. The molecule has 0 spiro atoms. The molecule has 0 aromatic heterocycles. The van der Waals surface area contributed by atoms with E-state index in [1.165, 1.54) is 10.5 Å². The molecule has 1 rings (SSSR count). The highest BCUT2D eigenvalue weighted by molar-refractivity contribution is 7.99. The van der Waals surface area contributed by atoms with Crippen LogP contribution in [0.2, 0.25) is 0 Å². The van der Waals surface area contributed by atoms with Gasteiger partial charge in [-0.1, -0.05) is 18.2 Å². The van der Waals surface area contributed by atoms with Crippen LogP contribution >= 0.6 is 11.8 Å². The molecule has 13 heavy (non-hydrogen) atoms. The van der Waals surface area contributed by atoms with Crippen LogP contribution in [0.25, 0.3) is 0 Å². The van der Waals surface area contributed by atoms with Crippen LogP contribution in [0.15, 0.2) is 41.8 Å². The van der Waals surface area contributed by atoms with Crippen LogP contribution < -0.4 is 0 Å². The smallest absolute Gasteiger partial charge is 0.0471 e. The van der Waals surface area contributed by atoms with Crippen LogP contribution in [0.3, 0.4) is 0 Å². The summed E-state index contributed by atoms with van der Waals surface area (Å²) in [6, 6.07) is 8.28. The van der Waals surface area contributed by atoms with E-state index in [0.29, 0.717) is 0 Å². The van der Waals surface area contributed by atoms with E-state index in [1.807, 2.05) is 6.08 Å². The van der Waals surface area contributed by atoms with E-state index in [0.717, 1.165) is 12.2 Å². The Bertz CT molecular complexity index is 253. The van der Waals surface area contributed by atoms with Gasteiger partial charge in [0.1, 0.15) is 0 Å². The number of hydrogen-bond donors (Lipinski definition) is 1. The Morgan fingerprint density at radius 2 is 2.00 bits per heavy atom. The van der Waals surface area contributed by atoms with Gasteiger partial charge in [-0.05, 0) is 24.1 Å². The largest absolute Gasteiger partial charge is 0.396 e. The zero-order valence-electron chi connectivity index (χ0n) is 7.57. The Labute approximate surface area is 83.5 Å². The summed E-state index contributed by atoms with van der Waals surface area (Å²) in [6.45, 7) is 3.89. The molecule has 0 unspecified atom stereocenters. The topological polar surface area (TPSA) is 20.2 Å². The van der Waals surface area contributed by atoms with E-state index in [4.69, 9.17) is 5.11 Å². The maximum Gasteiger partial charge on any atom is 0.0471 e. The Morgan fingerprint density at radius 1 is 1.31 bits per heavy atom. The molecule has 70 valence electrons. The average molecular weight is 194 g/mol. The Hall–Kier alpha value is -0.730. The number of rotatable bonds is 5. The number of benzene rings is 1. The van der Waals surface area contributed by atoms with E-state index in [-0.39, 0.29) is 6.61 Å². The van der Waals surface area contributed by atoms with E-state index < -0.39 is 0 Å². The lowest BCUT2D eigenvalue weighted by Gasteiger charge is -2.00. The van der Waals surface area contributed by atoms with Crippen LogP contribution in [0, 0.1) is 0 Å². The summed E-state index contributed by atoms with van der Waals surface area (Å²) in [5, 5.41) is 8.71. The SMILES string of the molecule is C=CCSc1ccc(CCO)cc1. The van der Waals surface area contributed by atoms with Crippen molar-refractivity contribution in [2.45, 2.75) is 11.3 Å². The highest BCUT2D eigenvalue weighted by Crippen LogP contribution is 2.18. The normalized spacial score (nSPS) is 9.92. The van der Waals surface area contributed by atoms with Gasteiger partial charge in [-0.15, -0.1) is 18.3 Å². The van der Waals surface area contributed by atoms with Crippen molar-refractivity contribution in [1.82, 2.24) is 0 Å². The van der Waals surface area contributed by atoms with Gasteiger partial charge in [-0.3, -0.25) is 0 Å². The lowest BCUT2D eigenvalue weighted by molar-refractivity contribution is 0.299. The van der Waals surface area contributed by atoms with Gasteiger partial charge in [0.05, 0.1) is 0 Å². The fourth-order valence-electron chi connectivity index (χ4n) is 1.04. The number of aliphatic hydroxyl groups excluding tert-OH is 1. The summed E-state index contributed by atoms with van der Waals surface area (Å²) in [7, 11) is 0. The third-order valence-corrected chi connectivity index (χ3v) is 2.70. The van der Waals surface area contributed by atoms with Gasteiger partial charge in [0.25, 0.3) is 0 Å². The fourth-order valence-corrected chi connectivity index (χ4v) is 1.68. The molecular formula is C11H14OS. The summed E-state index contributed by atoms with van der Waals surface area (Å²) in [6.07, 6.45) is 2.64. The van der Waals surface area contributed by atoms with Gasteiger partial charge in [0.2, 0.25) is 0 Å². The molecule has 0 heterocycles. The second kappa shape index (κ2) is 5.84. The Balaban J connectivity index is 2.53. The summed E-state index contributed by atoms with van der Waals surface area (Å²) >= 11 is 1.77. The molecule has 0 atom stereocenters. The lowest BCUT2D eigenvalue weighted by Crippen LogP contribution is -1.89. The first-order valence-corrected chi connectivity index (χ1v) is 5.29. The van der Waals surface area contributed by atoms with E-state index in [1.54, 1.807) is 11.8 Å². The molecular weight excluding hydrogens is 180 g/mol. The standard InChI is InChI=1S/C11H14OS/c1-2-9-13-11-5-3-10(4-6-11)7-8-12/h2-6,12H,1,7-9H2. The van der Waals surface area contributed by atoms with Crippen LogP contribution in [0.4, 0.5) is 0 Å². The highest BCUT2D eigenvalue weighted by atomic mass is 32.2. The minimum atomic E-state index is 0.221. The monoisotopic (exact) mass is 194 g/mol. The summed E-state index contributed by atoms with van der Waals surface area (Å²) in [5.41, 5.74) is 1.19. The maximum absolute atomic E-state index is 8.71. The maximum atomic E-state index is 8.71. The molecule has 0 aliphatic heterocycles. The predicted molar refractivity (Wildman–Crippen MR) is 58.2 cm³/mol. The van der Waals surface area contributed by atoms with Crippen molar-refractivity contribution in [1.29, 1.82) is 0 Å². The number of thioether (sulfide) groups is 1.